The quantitative estimate of drug-likeness (QED) is 0.715. The lowest BCUT2D eigenvalue weighted by atomic mass is 9.84. The molecule has 3 aromatic rings. The summed E-state index contributed by atoms with van der Waals surface area (Å²) >= 11 is 0. The molecular weight excluding hydrogens is 333 g/mol. The molecule has 1 aliphatic carbocycles. The van der Waals surface area contributed by atoms with Gasteiger partial charge in [-0.25, -0.2) is 4.98 Å². The van der Waals surface area contributed by atoms with Crippen LogP contribution in [0, 0.1) is 5.92 Å². The molecule has 1 atom stereocenters. The fraction of sp³-hybridized carbons (Fsp3) is 0.294. The third kappa shape index (κ3) is 2.89. The Bertz CT molecular complexity index is 837. The molecular formula is C17H19Cl2N3O. The number of aromatic nitrogens is 3. The largest absolute Gasteiger partial charge is 0.350 e. The maximum atomic E-state index is 12.9. The molecule has 1 unspecified atom stereocenters. The van der Waals surface area contributed by atoms with Crippen LogP contribution in [0.5, 0.6) is 0 Å². The van der Waals surface area contributed by atoms with Crippen LogP contribution in [0.1, 0.15) is 28.2 Å². The SMILES string of the molecule is Cl.Cl.Cn1cc(C(=O)C2CCc3nc[nH]c3C2)c2ccccc21. The molecule has 0 radical (unpaired) electrons. The number of rotatable bonds is 2. The van der Waals surface area contributed by atoms with Crippen molar-refractivity contribution in [2.75, 3.05) is 0 Å². The summed E-state index contributed by atoms with van der Waals surface area (Å²) in [4.78, 5) is 20.4. The Morgan fingerprint density at radius 3 is 2.91 bits per heavy atom. The van der Waals surface area contributed by atoms with Crippen LogP contribution in [-0.2, 0) is 19.9 Å². The Morgan fingerprint density at radius 2 is 2.09 bits per heavy atom. The number of aromatic amines is 1. The van der Waals surface area contributed by atoms with E-state index >= 15 is 0 Å². The topological polar surface area (TPSA) is 50.7 Å². The van der Waals surface area contributed by atoms with Crippen molar-refractivity contribution in [1.29, 1.82) is 0 Å². The molecule has 2 heterocycles. The number of ketones is 1. The molecule has 0 aliphatic heterocycles. The molecule has 0 saturated heterocycles. The van der Waals surface area contributed by atoms with Gasteiger partial charge in [0.05, 0.1) is 12.0 Å². The first-order valence-electron chi connectivity index (χ1n) is 7.33. The van der Waals surface area contributed by atoms with Gasteiger partial charge in [-0.2, -0.15) is 0 Å². The van der Waals surface area contributed by atoms with Gasteiger partial charge in [0.2, 0.25) is 0 Å². The maximum Gasteiger partial charge on any atom is 0.168 e. The van der Waals surface area contributed by atoms with Gasteiger partial charge >= 0.3 is 0 Å². The molecule has 122 valence electrons. The Hall–Kier alpha value is -1.78. The van der Waals surface area contributed by atoms with E-state index in [1.54, 1.807) is 6.33 Å². The predicted octanol–water partition coefficient (Wildman–Crippen LogP) is 3.73. The molecule has 6 heteroatoms. The molecule has 4 rings (SSSR count). The molecule has 23 heavy (non-hydrogen) atoms. The molecule has 0 fully saturated rings. The highest BCUT2D eigenvalue weighted by atomic mass is 35.5. The number of imidazole rings is 1. The fourth-order valence-electron chi connectivity index (χ4n) is 3.38. The summed E-state index contributed by atoms with van der Waals surface area (Å²) in [5.74, 6) is 0.316. The van der Waals surface area contributed by atoms with Crippen molar-refractivity contribution in [1.82, 2.24) is 14.5 Å². The second-order valence-corrected chi connectivity index (χ2v) is 5.80. The summed E-state index contributed by atoms with van der Waals surface area (Å²) in [6.07, 6.45) is 6.25. The monoisotopic (exact) mass is 351 g/mol. The number of carbonyl (C=O) groups is 1. The van der Waals surface area contributed by atoms with Crippen LogP contribution in [-0.4, -0.2) is 20.3 Å². The highest BCUT2D eigenvalue weighted by molar-refractivity contribution is 6.09. The van der Waals surface area contributed by atoms with E-state index < -0.39 is 0 Å². The van der Waals surface area contributed by atoms with E-state index in [0.717, 1.165) is 47.1 Å². The molecule has 0 amide bonds. The number of hydrogen-bond donors (Lipinski definition) is 1. The number of nitrogens with zero attached hydrogens (tertiary/aromatic N) is 2. The minimum atomic E-state index is 0. The molecule has 1 N–H and O–H groups in total. The average molecular weight is 352 g/mol. The van der Waals surface area contributed by atoms with Gasteiger partial charge in [0.25, 0.3) is 0 Å². The number of Topliss-reactive ketones (excluding diaryl/α,β-unsaturated/α-hetero) is 1. The van der Waals surface area contributed by atoms with Gasteiger partial charge < -0.3 is 9.55 Å². The summed E-state index contributed by atoms with van der Waals surface area (Å²) in [5.41, 5.74) is 4.21. The van der Waals surface area contributed by atoms with Gasteiger partial charge in [-0.15, -0.1) is 24.8 Å². The Labute approximate surface area is 147 Å². The zero-order valence-electron chi connectivity index (χ0n) is 12.8. The fourth-order valence-corrected chi connectivity index (χ4v) is 3.38. The molecule has 1 aromatic carbocycles. The number of benzene rings is 1. The summed E-state index contributed by atoms with van der Waals surface area (Å²) in [6.45, 7) is 0. The van der Waals surface area contributed by atoms with Crippen molar-refractivity contribution in [3.05, 3.63) is 53.7 Å². The third-order valence-corrected chi connectivity index (χ3v) is 4.52. The van der Waals surface area contributed by atoms with Gasteiger partial charge in [-0.05, 0) is 25.3 Å². The molecule has 0 saturated carbocycles. The number of nitrogens with one attached hydrogen (secondary N) is 1. The zero-order chi connectivity index (χ0) is 14.4. The maximum absolute atomic E-state index is 12.9. The van der Waals surface area contributed by atoms with Crippen molar-refractivity contribution in [3.63, 3.8) is 0 Å². The summed E-state index contributed by atoms with van der Waals surface area (Å²) < 4.78 is 2.03. The van der Waals surface area contributed by atoms with Gasteiger partial charge in [-0.1, -0.05) is 18.2 Å². The van der Waals surface area contributed by atoms with Gasteiger partial charge in [0.15, 0.2) is 5.78 Å². The molecule has 0 bridgehead atoms. The van der Waals surface area contributed by atoms with Crippen molar-refractivity contribution in [3.8, 4) is 0 Å². The second-order valence-electron chi connectivity index (χ2n) is 5.80. The Morgan fingerprint density at radius 1 is 1.30 bits per heavy atom. The minimum absolute atomic E-state index is 0. The van der Waals surface area contributed by atoms with Crippen LogP contribution in [0.15, 0.2) is 36.8 Å². The lowest BCUT2D eigenvalue weighted by Crippen LogP contribution is -2.22. The van der Waals surface area contributed by atoms with Crippen molar-refractivity contribution >= 4 is 41.5 Å². The van der Waals surface area contributed by atoms with E-state index in [4.69, 9.17) is 0 Å². The van der Waals surface area contributed by atoms with Crippen LogP contribution in [0.4, 0.5) is 0 Å². The highest BCUT2D eigenvalue weighted by Crippen LogP contribution is 2.29. The summed E-state index contributed by atoms with van der Waals surface area (Å²) in [6, 6.07) is 8.09. The number of H-pyrrole nitrogens is 1. The smallest absolute Gasteiger partial charge is 0.168 e. The number of carbonyl (C=O) groups excluding carboxylic acids is 1. The first-order valence-corrected chi connectivity index (χ1v) is 7.33. The van der Waals surface area contributed by atoms with Crippen LogP contribution >= 0.6 is 24.8 Å². The first-order chi connectivity index (χ1) is 10.2. The number of aryl methyl sites for hydroxylation is 2. The van der Waals surface area contributed by atoms with E-state index in [-0.39, 0.29) is 36.5 Å². The first kappa shape index (κ1) is 17.6. The average Bonchev–Trinajstić information content (AvgIpc) is 3.11. The molecule has 1 aliphatic rings. The van der Waals surface area contributed by atoms with Crippen LogP contribution in [0.3, 0.4) is 0 Å². The minimum Gasteiger partial charge on any atom is -0.350 e. The van der Waals surface area contributed by atoms with Crippen molar-refractivity contribution in [2.24, 2.45) is 13.0 Å². The summed E-state index contributed by atoms with van der Waals surface area (Å²) in [5, 5.41) is 1.06. The van der Waals surface area contributed by atoms with Crippen molar-refractivity contribution < 1.29 is 4.79 Å². The van der Waals surface area contributed by atoms with E-state index in [9.17, 15) is 4.79 Å². The Balaban J connectivity index is 0.000000960. The predicted molar refractivity (Wildman–Crippen MR) is 95.8 cm³/mol. The Kier molecular flexibility index (Phi) is 5.17. The molecule has 2 aromatic heterocycles. The highest BCUT2D eigenvalue weighted by Gasteiger charge is 2.28. The van der Waals surface area contributed by atoms with Crippen LogP contribution in [0.25, 0.3) is 10.9 Å². The summed E-state index contributed by atoms with van der Waals surface area (Å²) in [7, 11) is 1.99. The van der Waals surface area contributed by atoms with E-state index in [2.05, 4.69) is 16.0 Å². The van der Waals surface area contributed by atoms with Crippen molar-refractivity contribution in [2.45, 2.75) is 19.3 Å². The normalized spacial score (nSPS) is 16.3. The van der Waals surface area contributed by atoms with Gasteiger partial charge in [-0.3, -0.25) is 4.79 Å². The zero-order valence-corrected chi connectivity index (χ0v) is 14.4. The number of para-hydroxylation sites is 1. The van der Waals surface area contributed by atoms with Crippen LogP contribution < -0.4 is 0 Å². The number of halogens is 2. The second kappa shape index (κ2) is 6.77. The standard InChI is InChI=1S/C17H17N3O.2ClH/c1-20-9-13(12-4-2-3-5-16(12)20)17(21)11-6-7-14-15(8-11)19-10-18-14;;/h2-5,9-11H,6-8H2,1H3,(H,18,19);2*1H. The van der Waals surface area contributed by atoms with Crippen LogP contribution in [0.2, 0.25) is 0 Å². The third-order valence-electron chi connectivity index (χ3n) is 4.52. The van der Waals surface area contributed by atoms with E-state index in [1.807, 2.05) is 36.0 Å². The number of hydrogen-bond acceptors (Lipinski definition) is 2. The molecule has 0 spiro atoms. The molecule has 4 nitrogen and oxygen atoms in total. The lowest BCUT2D eigenvalue weighted by Gasteiger charge is -2.19. The van der Waals surface area contributed by atoms with Gasteiger partial charge in [0, 0.05) is 41.3 Å². The van der Waals surface area contributed by atoms with Gasteiger partial charge in [0.1, 0.15) is 0 Å². The van der Waals surface area contributed by atoms with E-state index in [0.29, 0.717) is 0 Å². The number of fused-ring (bicyclic) bond motifs is 2. The van der Waals surface area contributed by atoms with E-state index in [1.165, 1.54) is 0 Å². The lowest BCUT2D eigenvalue weighted by molar-refractivity contribution is 0.0909.